The summed E-state index contributed by atoms with van der Waals surface area (Å²) in [6.45, 7) is 4.12. The molecular formula is C13H12ClN5. The van der Waals surface area contributed by atoms with E-state index in [1.807, 2.05) is 10.6 Å². The minimum atomic E-state index is 0.185. The van der Waals surface area contributed by atoms with E-state index in [9.17, 15) is 0 Å². The van der Waals surface area contributed by atoms with Crippen molar-refractivity contribution >= 4 is 28.6 Å². The molecule has 2 aromatic heterocycles. The number of aryl methyl sites for hydroxylation is 2. The molecule has 6 heteroatoms. The van der Waals surface area contributed by atoms with Crippen LogP contribution in [0, 0.1) is 13.8 Å². The highest BCUT2D eigenvalue weighted by Gasteiger charge is 2.11. The van der Waals surface area contributed by atoms with Crippen molar-refractivity contribution in [2.75, 3.05) is 5.73 Å². The van der Waals surface area contributed by atoms with Crippen LogP contribution in [0.4, 0.5) is 5.95 Å². The van der Waals surface area contributed by atoms with Crippen LogP contribution in [0.3, 0.4) is 0 Å². The van der Waals surface area contributed by atoms with E-state index in [-0.39, 0.29) is 5.95 Å². The Morgan fingerprint density at radius 1 is 1.16 bits per heavy atom. The van der Waals surface area contributed by atoms with Crippen LogP contribution in [0.25, 0.3) is 16.9 Å². The zero-order valence-electron chi connectivity index (χ0n) is 10.6. The third-order valence-corrected chi connectivity index (χ3v) is 3.40. The third-order valence-electron chi connectivity index (χ3n) is 3.14. The molecule has 1 aromatic carbocycles. The van der Waals surface area contributed by atoms with Gasteiger partial charge >= 0.3 is 0 Å². The summed E-state index contributed by atoms with van der Waals surface area (Å²) in [6, 6.07) is 4.10. The SMILES string of the molecule is Cc1cc2ncn(-c3nc(N)ncc3Cl)c2cc1C. The minimum absolute atomic E-state index is 0.185. The van der Waals surface area contributed by atoms with Crippen LogP contribution >= 0.6 is 11.6 Å². The molecule has 0 fully saturated rings. The van der Waals surface area contributed by atoms with Crippen molar-refractivity contribution in [1.82, 2.24) is 19.5 Å². The molecule has 0 unspecified atom stereocenters. The Balaban J connectivity index is 2.31. The quantitative estimate of drug-likeness (QED) is 0.740. The van der Waals surface area contributed by atoms with Gasteiger partial charge in [0.25, 0.3) is 0 Å². The maximum absolute atomic E-state index is 6.13. The summed E-state index contributed by atoms with van der Waals surface area (Å²) in [7, 11) is 0. The molecule has 0 amide bonds. The summed E-state index contributed by atoms with van der Waals surface area (Å²) in [5, 5.41) is 0.437. The molecular weight excluding hydrogens is 262 g/mol. The number of benzene rings is 1. The first kappa shape index (κ1) is 11.9. The lowest BCUT2D eigenvalue weighted by molar-refractivity contribution is 1.00. The van der Waals surface area contributed by atoms with E-state index in [4.69, 9.17) is 17.3 Å². The number of fused-ring (bicyclic) bond motifs is 1. The van der Waals surface area contributed by atoms with Gasteiger partial charge in [-0.2, -0.15) is 4.98 Å². The number of nitrogens with zero attached hydrogens (tertiary/aromatic N) is 4. The number of hydrogen-bond acceptors (Lipinski definition) is 4. The molecule has 0 aliphatic carbocycles. The summed E-state index contributed by atoms with van der Waals surface area (Å²) >= 11 is 6.13. The van der Waals surface area contributed by atoms with Gasteiger partial charge in [0.15, 0.2) is 5.82 Å². The lowest BCUT2D eigenvalue weighted by Crippen LogP contribution is -2.02. The van der Waals surface area contributed by atoms with Gasteiger partial charge in [0.2, 0.25) is 5.95 Å². The molecule has 0 spiro atoms. The van der Waals surface area contributed by atoms with Crippen LogP contribution < -0.4 is 5.73 Å². The van der Waals surface area contributed by atoms with Crippen molar-refractivity contribution in [3.63, 3.8) is 0 Å². The van der Waals surface area contributed by atoms with Crippen molar-refractivity contribution in [3.05, 3.63) is 40.8 Å². The Morgan fingerprint density at radius 3 is 2.68 bits per heavy atom. The molecule has 3 aromatic rings. The Hall–Kier alpha value is -2.14. The molecule has 0 aliphatic heterocycles. The maximum atomic E-state index is 6.13. The normalized spacial score (nSPS) is 11.1. The summed E-state index contributed by atoms with van der Waals surface area (Å²) in [5.41, 5.74) is 9.85. The zero-order valence-corrected chi connectivity index (χ0v) is 11.3. The van der Waals surface area contributed by atoms with Gasteiger partial charge in [0, 0.05) is 0 Å². The Labute approximate surface area is 115 Å². The third kappa shape index (κ3) is 1.92. The first-order valence-corrected chi connectivity index (χ1v) is 6.17. The Kier molecular flexibility index (Phi) is 2.64. The monoisotopic (exact) mass is 273 g/mol. The highest BCUT2D eigenvalue weighted by Crippen LogP contribution is 2.24. The van der Waals surface area contributed by atoms with Crippen LogP contribution in [0.15, 0.2) is 24.7 Å². The van der Waals surface area contributed by atoms with Crippen LogP contribution in [-0.4, -0.2) is 19.5 Å². The second-order valence-electron chi connectivity index (χ2n) is 4.44. The molecule has 0 atom stereocenters. The van der Waals surface area contributed by atoms with Crippen molar-refractivity contribution in [1.29, 1.82) is 0 Å². The molecule has 0 aliphatic rings. The fraction of sp³-hybridized carbons (Fsp3) is 0.154. The van der Waals surface area contributed by atoms with Crippen LogP contribution in [-0.2, 0) is 0 Å². The first-order chi connectivity index (χ1) is 9.06. The van der Waals surface area contributed by atoms with E-state index >= 15 is 0 Å². The fourth-order valence-electron chi connectivity index (χ4n) is 1.97. The van der Waals surface area contributed by atoms with Crippen molar-refractivity contribution in [3.8, 4) is 5.82 Å². The van der Waals surface area contributed by atoms with Gasteiger partial charge < -0.3 is 5.73 Å². The molecule has 0 saturated carbocycles. The Bertz CT molecular complexity index is 778. The predicted octanol–water partition coefficient (Wildman–Crippen LogP) is 2.67. The number of anilines is 1. The highest BCUT2D eigenvalue weighted by molar-refractivity contribution is 6.32. The number of nitrogen functional groups attached to an aromatic ring is 1. The smallest absolute Gasteiger partial charge is 0.222 e. The molecule has 5 nitrogen and oxygen atoms in total. The fourth-order valence-corrected chi connectivity index (χ4v) is 2.16. The molecule has 2 heterocycles. The molecule has 96 valence electrons. The second kappa shape index (κ2) is 4.20. The summed E-state index contributed by atoms with van der Waals surface area (Å²) < 4.78 is 1.82. The highest BCUT2D eigenvalue weighted by atomic mass is 35.5. The molecule has 0 radical (unpaired) electrons. The number of imidazole rings is 1. The standard InChI is InChI=1S/C13H12ClN5/c1-7-3-10-11(4-8(7)2)19(6-17-10)12-9(14)5-16-13(15)18-12/h3-6H,1-2H3,(H2,15,16,18). The molecule has 2 N–H and O–H groups in total. The van der Waals surface area contributed by atoms with Gasteiger partial charge in [-0.05, 0) is 37.1 Å². The number of halogens is 1. The molecule has 0 saturated heterocycles. The van der Waals surface area contributed by atoms with Crippen LogP contribution in [0.1, 0.15) is 11.1 Å². The number of hydrogen-bond donors (Lipinski definition) is 1. The molecule has 3 rings (SSSR count). The summed E-state index contributed by atoms with van der Waals surface area (Å²) in [4.78, 5) is 12.4. The van der Waals surface area contributed by atoms with Gasteiger partial charge in [-0.1, -0.05) is 11.6 Å². The van der Waals surface area contributed by atoms with E-state index in [0.29, 0.717) is 10.8 Å². The second-order valence-corrected chi connectivity index (χ2v) is 4.85. The largest absolute Gasteiger partial charge is 0.368 e. The van der Waals surface area contributed by atoms with E-state index in [2.05, 4.69) is 34.9 Å². The first-order valence-electron chi connectivity index (χ1n) is 5.79. The van der Waals surface area contributed by atoms with Gasteiger partial charge in [-0.15, -0.1) is 0 Å². The average molecular weight is 274 g/mol. The summed E-state index contributed by atoms with van der Waals surface area (Å²) in [6.07, 6.45) is 3.18. The van der Waals surface area contributed by atoms with Crippen molar-refractivity contribution < 1.29 is 0 Å². The summed E-state index contributed by atoms with van der Waals surface area (Å²) in [5.74, 6) is 0.727. The lowest BCUT2D eigenvalue weighted by atomic mass is 10.1. The van der Waals surface area contributed by atoms with E-state index in [0.717, 1.165) is 11.0 Å². The van der Waals surface area contributed by atoms with E-state index in [1.165, 1.54) is 17.3 Å². The van der Waals surface area contributed by atoms with E-state index < -0.39 is 0 Å². The number of rotatable bonds is 1. The average Bonchev–Trinajstić information content (AvgIpc) is 2.76. The minimum Gasteiger partial charge on any atom is -0.368 e. The number of nitrogens with two attached hydrogens (primary N) is 1. The predicted molar refractivity (Wildman–Crippen MR) is 75.6 cm³/mol. The van der Waals surface area contributed by atoms with Crippen LogP contribution in [0.2, 0.25) is 5.02 Å². The van der Waals surface area contributed by atoms with Gasteiger partial charge in [0.05, 0.1) is 17.2 Å². The van der Waals surface area contributed by atoms with Crippen LogP contribution in [0.5, 0.6) is 0 Å². The van der Waals surface area contributed by atoms with Gasteiger partial charge in [-0.3, -0.25) is 4.57 Å². The van der Waals surface area contributed by atoms with Gasteiger partial charge in [0.1, 0.15) is 11.3 Å². The van der Waals surface area contributed by atoms with Gasteiger partial charge in [-0.25, -0.2) is 9.97 Å². The van der Waals surface area contributed by atoms with Crippen molar-refractivity contribution in [2.24, 2.45) is 0 Å². The zero-order chi connectivity index (χ0) is 13.6. The molecule has 19 heavy (non-hydrogen) atoms. The lowest BCUT2D eigenvalue weighted by Gasteiger charge is -2.07. The number of aromatic nitrogens is 4. The topological polar surface area (TPSA) is 69.6 Å². The Morgan fingerprint density at radius 2 is 1.89 bits per heavy atom. The van der Waals surface area contributed by atoms with Crippen molar-refractivity contribution in [2.45, 2.75) is 13.8 Å². The maximum Gasteiger partial charge on any atom is 0.222 e. The van der Waals surface area contributed by atoms with E-state index in [1.54, 1.807) is 6.33 Å². The molecule has 0 bridgehead atoms.